The van der Waals surface area contributed by atoms with E-state index in [1.54, 1.807) is 71.9 Å². The van der Waals surface area contributed by atoms with E-state index in [4.69, 9.17) is 60.4 Å². The van der Waals surface area contributed by atoms with Crippen LogP contribution >= 0.6 is 46.4 Å². The van der Waals surface area contributed by atoms with Gasteiger partial charge in [-0.2, -0.15) is 0 Å². The zero-order valence-electron chi connectivity index (χ0n) is 28.4. The number of rotatable bonds is 11. The number of aromatic nitrogens is 1. The maximum atomic E-state index is 13.1. The number of alkyl carbamates (subject to hydrolysis) is 1. The number of ether oxygens (including phenoxy) is 2. The maximum absolute atomic E-state index is 13.1. The van der Waals surface area contributed by atoms with Gasteiger partial charge < -0.3 is 29.5 Å². The van der Waals surface area contributed by atoms with Gasteiger partial charge in [0.25, 0.3) is 5.91 Å². The molecule has 0 aliphatic carbocycles. The van der Waals surface area contributed by atoms with Crippen LogP contribution in [0.5, 0.6) is 0 Å². The molecule has 0 unspecified atom stereocenters. The molecule has 0 aliphatic heterocycles. The quantitative estimate of drug-likeness (QED) is 0.149. The molecule has 3 rings (SSSR count). The van der Waals surface area contributed by atoms with Gasteiger partial charge in [-0.25, -0.2) is 4.79 Å². The monoisotopic (exact) mass is 758 g/mol. The molecule has 2 aromatic carbocycles. The second-order valence-corrected chi connectivity index (χ2v) is 14.6. The average Bonchev–Trinajstić information content (AvgIpc) is 3.54. The first-order chi connectivity index (χ1) is 22.8. The standard InChI is InChI=1S/C27H36Cl2N4O7.C7H6Cl2/c1-26(2,3)38-21(34)11-10-19(32-25(37)39-27(4,5)6)23(35)30-14-15-33(24(36)22(28)29)18-9-7-8-17(16-18)20-12-13-31-40-20;1-5-6(8)3-2-4-7(5)9/h7-9,12-13,16,19,22H,10-11,14-15H2,1-6H3,(H,30,35)(H,32,37);2-4H,1H3/t19-;/m0./s1. The second-order valence-electron chi connectivity index (χ2n) is 12.7. The Morgan fingerprint density at radius 3 is 2.06 bits per heavy atom. The Morgan fingerprint density at radius 1 is 0.918 bits per heavy atom. The molecule has 11 nitrogen and oxygen atoms in total. The Balaban J connectivity index is 0.000000797. The lowest BCUT2D eigenvalue weighted by molar-refractivity contribution is -0.155. The SMILES string of the molecule is CC(C)(C)OC(=O)CC[C@H](NC(=O)OC(C)(C)C)C(=O)NCCN(C(=O)C(Cl)Cl)c1cccc(-c2ccno2)c1.Cc1c(Cl)cccc1Cl. The van der Waals surface area contributed by atoms with E-state index in [-0.39, 0.29) is 25.9 Å². The van der Waals surface area contributed by atoms with Crippen LogP contribution in [0.4, 0.5) is 10.5 Å². The zero-order valence-corrected chi connectivity index (χ0v) is 31.5. The fraction of sp³-hybridized carbons (Fsp3) is 0.441. The summed E-state index contributed by atoms with van der Waals surface area (Å²) in [5.41, 5.74) is 0.587. The molecule has 0 saturated heterocycles. The van der Waals surface area contributed by atoms with Crippen LogP contribution in [-0.4, -0.2) is 64.2 Å². The largest absolute Gasteiger partial charge is 0.460 e. The summed E-state index contributed by atoms with van der Waals surface area (Å²) in [5.74, 6) is -1.20. The Labute approximate surface area is 306 Å². The first-order valence-electron chi connectivity index (χ1n) is 15.3. The van der Waals surface area contributed by atoms with Crippen LogP contribution in [0.1, 0.15) is 59.9 Å². The normalized spacial score (nSPS) is 11.9. The molecular formula is C34H42Cl4N4O7. The third kappa shape index (κ3) is 15.3. The fourth-order valence-electron chi connectivity index (χ4n) is 4.04. The predicted molar refractivity (Wildman–Crippen MR) is 192 cm³/mol. The van der Waals surface area contributed by atoms with Crippen LogP contribution < -0.4 is 15.5 Å². The van der Waals surface area contributed by atoms with Crippen molar-refractivity contribution in [3.05, 3.63) is 70.3 Å². The van der Waals surface area contributed by atoms with Gasteiger partial charge in [0.15, 0.2) is 10.6 Å². The number of benzene rings is 2. The fourth-order valence-corrected chi connectivity index (χ4v) is 4.68. The highest BCUT2D eigenvalue weighted by molar-refractivity contribution is 6.54. The molecule has 1 atom stereocenters. The first kappa shape index (κ1) is 41.7. The molecule has 0 radical (unpaired) electrons. The minimum Gasteiger partial charge on any atom is -0.460 e. The van der Waals surface area contributed by atoms with Gasteiger partial charge in [-0.05, 0) is 84.7 Å². The van der Waals surface area contributed by atoms with E-state index in [0.717, 1.165) is 15.6 Å². The van der Waals surface area contributed by atoms with Crippen molar-refractivity contribution >= 4 is 76.0 Å². The number of nitrogens with one attached hydrogen (secondary N) is 2. The van der Waals surface area contributed by atoms with Crippen molar-refractivity contribution in [3.63, 3.8) is 0 Å². The minimum absolute atomic E-state index is 0.00555. The highest BCUT2D eigenvalue weighted by atomic mass is 35.5. The number of hydrogen-bond donors (Lipinski definition) is 2. The van der Waals surface area contributed by atoms with Crippen molar-refractivity contribution in [1.29, 1.82) is 0 Å². The van der Waals surface area contributed by atoms with E-state index in [0.29, 0.717) is 17.0 Å². The molecule has 1 heterocycles. The van der Waals surface area contributed by atoms with Gasteiger partial charge in [0, 0.05) is 46.9 Å². The Morgan fingerprint density at radius 2 is 1.53 bits per heavy atom. The molecule has 0 aliphatic rings. The smallest absolute Gasteiger partial charge is 0.408 e. The summed E-state index contributed by atoms with van der Waals surface area (Å²) in [7, 11) is 0. The highest BCUT2D eigenvalue weighted by Crippen LogP contribution is 2.26. The molecule has 0 spiro atoms. The molecule has 3 amide bonds. The van der Waals surface area contributed by atoms with E-state index >= 15 is 0 Å². The Bertz CT molecular complexity index is 1530. The van der Waals surface area contributed by atoms with Crippen LogP contribution in [0.2, 0.25) is 10.0 Å². The molecular weight excluding hydrogens is 718 g/mol. The van der Waals surface area contributed by atoms with Crippen LogP contribution in [0, 0.1) is 6.92 Å². The van der Waals surface area contributed by atoms with Crippen molar-refractivity contribution in [2.24, 2.45) is 0 Å². The number of amides is 3. The van der Waals surface area contributed by atoms with E-state index in [9.17, 15) is 19.2 Å². The summed E-state index contributed by atoms with van der Waals surface area (Å²) in [4.78, 5) is 50.5. The number of alkyl halides is 2. The van der Waals surface area contributed by atoms with Crippen molar-refractivity contribution in [1.82, 2.24) is 15.8 Å². The number of anilines is 1. The third-order valence-corrected chi connectivity index (χ3v) is 7.43. The zero-order chi connectivity index (χ0) is 36.9. The molecule has 49 heavy (non-hydrogen) atoms. The van der Waals surface area contributed by atoms with Gasteiger partial charge in [-0.3, -0.25) is 14.4 Å². The van der Waals surface area contributed by atoms with E-state index in [1.807, 2.05) is 25.1 Å². The third-order valence-electron chi connectivity index (χ3n) is 6.23. The number of halogens is 4. The number of hydrogen-bond acceptors (Lipinski definition) is 8. The van der Waals surface area contributed by atoms with Crippen LogP contribution in [-0.2, 0) is 23.9 Å². The van der Waals surface area contributed by atoms with Gasteiger partial charge >= 0.3 is 12.1 Å². The summed E-state index contributed by atoms with van der Waals surface area (Å²) in [6.45, 7) is 12.1. The number of esters is 1. The van der Waals surface area contributed by atoms with E-state index < -0.39 is 46.0 Å². The van der Waals surface area contributed by atoms with Crippen molar-refractivity contribution < 1.29 is 33.2 Å². The van der Waals surface area contributed by atoms with Crippen molar-refractivity contribution in [2.45, 2.75) is 83.4 Å². The summed E-state index contributed by atoms with van der Waals surface area (Å²) in [5, 5.41) is 10.3. The first-order valence-corrected chi connectivity index (χ1v) is 16.9. The Kier molecular flexibility index (Phi) is 16.2. The van der Waals surface area contributed by atoms with Gasteiger partial charge in [0.05, 0.1) is 6.20 Å². The lowest BCUT2D eigenvalue weighted by Crippen LogP contribution is -2.50. The van der Waals surface area contributed by atoms with Crippen molar-refractivity contribution in [3.8, 4) is 11.3 Å². The molecule has 268 valence electrons. The summed E-state index contributed by atoms with van der Waals surface area (Å²) in [6.07, 6.45) is 0.529. The van der Waals surface area contributed by atoms with Crippen LogP contribution in [0.15, 0.2) is 59.3 Å². The summed E-state index contributed by atoms with van der Waals surface area (Å²) >= 11 is 23.2. The van der Waals surface area contributed by atoms with E-state index in [1.165, 1.54) is 11.1 Å². The topological polar surface area (TPSA) is 140 Å². The Hall–Kier alpha value is -3.51. The van der Waals surface area contributed by atoms with Crippen molar-refractivity contribution in [2.75, 3.05) is 18.0 Å². The van der Waals surface area contributed by atoms with Gasteiger partial charge in [0.2, 0.25) is 5.91 Å². The minimum atomic E-state index is -1.35. The molecule has 0 bridgehead atoms. The second kappa shape index (κ2) is 19.0. The van der Waals surface area contributed by atoms with E-state index in [2.05, 4.69) is 15.8 Å². The lowest BCUT2D eigenvalue weighted by Gasteiger charge is -2.26. The van der Waals surface area contributed by atoms with Crippen LogP contribution in [0.3, 0.4) is 0 Å². The molecule has 1 aromatic heterocycles. The maximum Gasteiger partial charge on any atom is 0.408 e. The molecule has 0 saturated carbocycles. The van der Waals surface area contributed by atoms with Gasteiger partial charge in [-0.15, -0.1) is 0 Å². The molecule has 0 fully saturated rings. The van der Waals surface area contributed by atoms with Crippen LogP contribution in [0.25, 0.3) is 11.3 Å². The predicted octanol–water partition coefficient (Wildman–Crippen LogP) is 7.91. The summed E-state index contributed by atoms with van der Waals surface area (Å²) < 4.78 is 15.8. The molecule has 15 heteroatoms. The lowest BCUT2D eigenvalue weighted by atomic mass is 10.1. The van der Waals surface area contributed by atoms with Gasteiger partial charge in [0.1, 0.15) is 17.2 Å². The van der Waals surface area contributed by atoms with Gasteiger partial charge in [-0.1, -0.05) is 69.8 Å². The summed E-state index contributed by atoms with van der Waals surface area (Å²) in [6, 6.07) is 12.9. The highest BCUT2D eigenvalue weighted by Gasteiger charge is 2.27. The molecule has 3 aromatic rings. The molecule has 2 N–H and O–H groups in total. The average molecular weight is 761 g/mol. The number of nitrogens with zero attached hydrogens (tertiary/aromatic N) is 2. The number of carbonyl (C=O) groups excluding carboxylic acids is 4. The number of carbonyl (C=O) groups is 4.